The van der Waals surface area contributed by atoms with Crippen LogP contribution in [-0.4, -0.2) is 22.5 Å². The number of nitrogens with one attached hydrogen (secondary N) is 1. The van der Waals surface area contributed by atoms with Crippen LogP contribution in [0.1, 0.15) is 20.8 Å². The molecule has 0 aliphatic heterocycles. The first kappa shape index (κ1) is 17.3. The Morgan fingerprint density at radius 3 is 2.72 bits per heavy atom. The lowest BCUT2D eigenvalue weighted by molar-refractivity contribution is -0.384. The zero-order valence-electron chi connectivity index (χ0n) is 12.9. The van der Waals surface area contributed by atoms with Crippen molar-refractivity contribution in [3.63, 3.8) is 0 Å². The minimum atomic E-state index is -1.34. The van der Waals surface area contributed by atoms with Crippen molar-refractivity contribution < 1.29 is 14.8 Å². The van der Waals surface area contributed by atoms with Crippen LogP contribution in [-0.2, 0) is 5.60 Å². The first-order valence-electron chi connectivity index (χ1n) is 7.32. The molecule has 0 fully saturated rings. The number of carbonyl (C=O) groups is 1. The molecule has 0 spiro atoms. The van der Waals surface area contributed by atoms with Gasteiger partial charge in [0, 0.05) is 28.1 Å². The van der Waals surface area contributed by atoms with Crippen molar-refractivity contribution in [1.82, 2.24) is 5.32 Å². The summed E-state index contributed by atoms with van der Waals surface area (Å²) in [5.74, 6) is -0.478. The van der Waals surface area contributed by atoms with Gasteiger partial charge in [0.15, 0.2) is 0 Å². The van der Waals surface area contributed by atoms with Gasteiger partial charge in [-0.2, -0.15) is 11.3 Å². The lowest BCUT2D eigenvalue weighted by Gasteiger charge is -2.27. The molecule has 0 saturated heterocycles. The second-order valence-electron chi connectivity index (χ2n) is 5.34. The molecule has 8 heteroatoms. The maximum absolute atomic E-state index is 12.4. The van der Waals surface area contributed by atoms with Crippen LogP contribution < -0.4 is 5.32 Å². The topological polar surface area (TPSA) is 92.5 Å². The second-order valence-corrected chi connectivity index (χ2v) is 7.07. The molecule has 0 radical (unpaired) electrons. The van der Waals surface area contributed by atoms with Crippen LogP contribution in [0, 0.1) is 10.1 Å². The number of rotatable bonds is 6. The van der Waals surface area contributed by atoms with Crippen molar-refractivity contribution in [2.75, 3.05) is 6.54 Å². The predicted molar refractivity (Wildman–Crippen MR) is 97.1 cm³/mol. The molecule has 0 bridgehead atoms. The number of thiophene rings is 2. The Bertz CT molecular complexity index is 842. The Hall–Kier alpha value is -2.55. The summed E-state index contributed by atoms with van der Waals surface area (Å²) in [5.41, 5.74) is -0.629. The van der Waals surface area contributed by atoms with E-state index in [1.165, 1.54) is 46.9 Å². The number of nitro benzene ring substituents is 1. The molecule has 1 aromatic carbocycles. The van der Waals surface area contributed by atoms with Gasteiger partial charge in [-0.25, -0.2) is 0 Å². The highest BCUT2D eigenvalue weighted by molar-refractivity contribution is 7.10. The number of nitro groups is 1. The molecule has 1 amide bonds. The van der Waals surface area contributed by atoms with Gasteiger partial charge in [0.05, 0.1) is 11.5 Å². The molecule has 1 atom stereocenters. The Kier molecular flexibility index (Phi) is 4.93. The van der Waals surface area contributed by atoms with E-state index < -0.39 is 16.4 Å². The largest absolute Gasteiger partial charge is 0.378 e. The molecule has 1 unspecified atom stereocenters. The van der Waals surface area contributed by atoms with Crippen LogP contribution in [0.15, 0.2) is 58.6 Å². The molecule has 2 aromatic heterocycles. The molecule has 2 N–H and O–H groups in total. The van der Waals surface area contributed by atoms with Crippen molar-refractivity contribution >= 4 is 34.3 Å². The van der Waals surface area contributed by atoms with Gasteiger partial charge >= 0.3 is 0 Å². The maximum Gasteiger partial charge on any atom is 0.270 e. The molecular formula is C17H14N2O4S2. The summed E-state index contributed by atoms with van der Waals surface area (Å²) >= 11 is 2.85. The lowest BCUT2D eigenvalue weighted by Crippen LogP contribution is -2.41. The third-order valence-corrected chi connectivity index (χ3v) is 5.46. The van der Waals surface area contributed by atoms with Crippen LogP contribution in [0.25, 0.3) is 0 Å². The molecule has 3 aromatic rings. The lowest BCUT2D eigenvalue weighted by atomic mass is 9.94. The number of non-ortho nitro benzene ring substituents is 1. The van der Waals surface area contributed by atoms with Gasteiger partial charge < -0.3 is 10.4 Å². The summed E-state index contributed by atoms with van der Waals surface area (Å²) in [6.45, 7) is -0.0359. The molecule has 0 saturated carbocycles. The van der Waals surface area contributed by atoms with E-state index in [4.69, 9.17) is 0 Å². The van der Waals surface area contributed by atoms with Gasteiger partial charge in [-0.05, 0) is 34.3 Å². The summed E-state index contributed by atoms with van der Waals surface area (Å²) in [5, 5.41) is 30.2. The van der Waals surface area contributed by atoms with Crippen molar-refractivity contribution in [2.24, 2.45) is 0 Å². The van der Waals surface area contributed by atoms with Gasteiger partial charge in [0.1, 0.15) is 5.60 Å². The van der Waals surface area contributed by atoms with Gasteiger partial charge in [-0.1, -0.05) is 12.1 Å². The Morgan fingerprint density at radius 1 is 1.24 bits per heavy atom. The van der Waals surface area contributed by atoms with Crippen LogP contribution in [0.5, 0.6) is 0 Å². The van der Waals surface area contributed by atoms with E-state index in [0.717, 1.165) is 0 Å². The quantitative estimate of drug-likeness (QED) is 0.511. The highest BCUT2D eigenvalue weighted by Crippen LogP contribution is 2.33. The highest BCUT2D eigenvalue weighted by Gasteiger charge is 2.33. The second kappa shape index (κ2) is 7.14. The summed E-state index contributed by atoms with van der Waals surface area (Å²) in [6.07, 6.45) is 0. The predicted octanol–water partition coefficient (Wildman–Crippen LogP) is 3.38. The van der Waals surface area contributed by atoms with Gasteiger partial charge in [0.25, 0.3) is 11.6 Å². The number of hydrogen-bond donors (Lipinski definition) is 2. The number of benzene rings is 1. The molecule has 2 heterocycles. The van der Waals surface area contributed by atoms with Crippen molar-refractivity contribution in [1.29, 1.82) is 0 Å². The molecule has 6 nitrogen and oxygen atoms in total. The Morgan fingerprint density at radius 2 is 2.08 bits per heavy atom. The van der Waals surface area contributed by atoms with Gasteiger partial charge in [0.2, 0.25) is 0 Å². The molecule has 3 rings (SSSR count). The summed E-state index contributed by atoms with van der Waals surface area (Å²) < 4.78 is 0. The van der Waals surface area contributed by atoms with E-state index in [1.807, 2.05) is 34.3 Å². The zero-order chi connectivity index (χ0) is 17.9. The van der Waals surface area contributed by atoms with Crippen LogP contribution >= 0.6 is 22.7 Å². The molecular weight excluding hydrogens is 360 g/mol. The van der Waals surface area contributed by atoms with Crippen LogP contribution in [0.2, 0.25) is 0 Å². The Balaban J connectivity index is 1.81. The fraction of sp³-hybridized carbons (Fsp3) is 0.118. The molecule has 0 aliphatic rings. The van der Waals surface area contributed by atoms with Crippen molar-refractivity contribution in [3.8, 4) is 0 Å². The highest BCUT2D eigenvalue weighted by atomic mass is 32.1. The van der Waals surface area contributed by atoms with E-state index in [1.54, 1.807) is 0 Å². The van der Waals surface area contributed by atoms with Crippen molar-refractivity contribution in [3.05, 3.63) is 84.7 Å². The smallest absolute Gasteiger partial charge is 0.270 e. The van der Waals surface area contributed by atoms with E-state index in [9.17, 15) is 20.0 Å². The summed E-state index contributed by atoms with van der Waals surface area (Å²) in [6, 6.07) is 10.9. The van der Waals surface area contributed by atoms with E-state index in [-0.39, 0.29) is 17.8 Å². The SMILES string of the molecule is O=C(NCC(O)(c1ccsc1)c1cccs1)c1cccc([N+](=O)[O-])c1. The number of nitrogens with zero attached hydrogens (tertiary/aromatic N) is 1. The van der Waals surface area contributed by atoms with Crippen LogP contribution in [0.4, 0.5) is 5.69 Å². The minimum Gasteiger partial charge on any atom is -0.378 e. The van der Waals surface area contributed by atoms with Crippen LogP contribution in [0.3, 0.4) is 0 Å². The third kappa shape index (κ3) is 3.60. The zero-order valence-corrected chi connectivity index (χ0v) is 14.5. The van der Waals surface area contributed by atoms with E-state index >= 15 is 0 Å². The number of aliphatic hydroxyl groups is 1. The monoisotopic (exact) mass is 374 g/mol. The molecule has 0 aliphatic carbocycles. The number of carbonyl (C=O) groups excluding carboxylic acids is 1. The third-order valence-electron chi connectivity index (χ3n) is 3.75. The van der Waals surface area contributed by atoms with E-state index in [2.05, 4.69) is 5.32 Å². The van der Waals surface area contributed by atoms with Gasteiger partial charge in [-0.15, -0.1) is 11.3 Å². The standard InChI is InChI=1S/C17H14N2O4S2/c20-16(12-3-1-4-14(9-12)19(22)23)18-11-17(21,13-6-8-24-10-13)15-5-2-7-25-15/h1-10,21H,11H2,(H,18,20). The molecule has 128 valence electrons. The average Bonchev–Trinajstić information content (AvgIpc) is 3.33. The Labute approximate surface area is 151 Å². The average molecular weight is 374 g/mol. The first-order chi connectivity index (χ1) is 12.0. The van der Waals surface area contributed by atoms with Gasteiger partial charge in [-0.3, -0.25) is 14.9 Å². The minimum absolute atomic E-state index is 0.0359. The fourth-order valence-electron chi connectivity index (χ4n) is 2.42. The fourth-order valence-corrected chi connectivity index (χ4v) is 3.99. The molecule has 25 heavy (non-hydrogen) atoms. The normalized spacial score (nSPS) is 13.2. The van der Waals surface area contributed by atoms with Crippen molar-refractivity contribution in [2.45, 2.75) is 5.60 Å². The van der Waals surface area contributed by atoms with E-state index in [0.29, 0.717) is 10.4 Å². The summed E-state index contributed by atoms with van der Waals surface area (Å²) in [4.78, 5) is 23.4. The maximum atomic E-state index is 12.4. The number of hydrogen-bond acceptors (Lipinski definition) is 6. The first-order valence-corrected chi connectivity index (χ1v) is 9.14. The number of amides is 1. The summed E-state index contributed by atoms with van der Waals surface area (Å²) in [7, 11) is 0.